The Balaban J connectivity index is 1.62. The van der Waals surface area contributed by atoms with E-state index in [1.165, 1.54) is 0 Å². The first-order chi connectivity index (χ1) is 14.6. The largest absolute Gasteiger partial charge is 0.497 e. The Morgan fingerprint density at radius 3 is 2.27 bits per heavy atom. The summed E-state index contributed by atoms with van der Waals surface area (Å²) in [5, 5.41) is 3.14. The van der Waals surface area contributed by atoms with Gasteiger partial charge in [-0.1, -0.05) is 12.1 Å². The van der Waals surface area contributed by atoms with Crippen molar-refractivity contribution in [1.82, 2.24) is 10.2 Å². The monoisotopic (exact) mass is 409 g/mol. The van der Waals surface area contributed by atoms with Gasteiger partial charge in [0.15, 0.2) is 0 Å². The molecule has 6 heteroatoms. The summed E-state index contributed by atoms with van der Waals surface area (Å²) in [6, 6.07) is 15.1. The standard InChI is InChI=1S/C24H31N3O3/c1-4-26(5-2)24(29)21-8-6-7-9-22(21)27-16-14-19(15-17-27)25-23(28)18-10-12-20(30-3)13-11-18/h6-13,19H,4-5,14-17H2,1-3H3,(H,25,28). The zero-order valence-corrected chi connectivity index (χ0v) is 18.1. The van der Waals surface area contributed by atoms with Crippen molar-refractivity contribution in [2.75, 3.05) is 38.2 Å². The summed E-state index contributed by atoms with van der Waals surface area (Å²) < 4.78 is 5.14. The minimum absolute atomic E-state index is 0.0618. The van der Waals surface area contributed by atoms with Crippen LogP contribution >= 0.6 is 0 Å². The number of hydrogen-bond acceptors (Lipinski definition) is 4. The number of benzene rings is 2. The predicted molar refractivity (Wildman–Crippen MR) is 119 cm³/mol. The van der Waals surface area contributed by atoms with E-state index >= 15 is 0 Å². The maximum absolute atomic E-state index is 12.9. The molecule has 3 rings (SSSR count). The molecule has 1 aliphatic heterocycles. The van der Waals surface area contributed by atoms with E-state index in [1.807, 2.05) is 43.0 Å². The lowest BCUT2D eigenvalue weighted by atomic mass is 10.0. The molecule has 160 valence electrons. The first-order valence-electron chi connectivity index (χ1n) is 10.7. The molecule has 1 aliphatic rings. The van der Waals surface area contributed by atoms with E-state index in [-0.39, 0.29) is 17.9 Å². The van der Waals surface area contributed by atoms with Crippen molar-refractivity contribution in [2.24, 2.45) is 0 Å². The lowest BCUT2D eigenvalue weighted by Crippen LogP contribution is -2.45. The average Bonchev–Trinajstić information content (AvgIpc) is 2.80. The molecule has 0 radical (unpaired) electrons. The fourth-order valence-corrected chi connectivity index (χ4v) is 3.89. The van der Waals surface area contributed by atoms with E-state index in [4.69, 9.17) is 4.74 Å². The van der Waals surface area contributed by atoms with Crippen molar-refractivity contribution >= 4 is 17.5 Å². The van der Waals surface area contributed by atoms with Crippen LogP contribution < -0.4 is 15.0 Å². The minimum Gasteiger partial charge on any atom is -0.497 e. The molecule has 1 fully saturated rings. The van der Waals surface area contributed by atoms with Crippen LogP contribution in [0.1, 0.15) is 47.4 Å². The summed E-state index contributed by atoms with van der Waals surface area (Å²) in [5.41, 5.74) is 2.37. The zero-order valence-electron chi connectivity index (χ0n) is 18.1. The highest BCUT2D eigenvalue weighted by Crippen LogP contribution is 2.25. The molecule has 0 spiro atoms. The van der Waals surface area contributed by atoms with Gasteiger partial charge in [0.2, 0.25) is 0 Å². The molecule has 0 saturated carbocycles. The first-order valence-corrected chi connectivity index (χ1v) is 10.7. The molecule has 30 heavy (non-hydrogen) atoms. The highest BCUT2D eigenvalue weighted by Gasteiger charge is 2.25. The van der Waals surface area contributed by atoms with Crippen LogP contribution in [-0.2, 0) is 0 Å². The van der Waals surface area contributed by atoms with Crippen molar-refractivity contribution < 1.29 is 14.3 Å². The van der Waals surface area contributed by atoms with Crippen LogP contribution in [0.15, 0.2) is 48.5 Å². The summed E-state index contributed by atoms with van der Waals surface area (Å²) in [6.45, 7) is 7.00. The number of nitrogens with one attached hydrogen (secondary N) is 1. The Morgan fingerprint density at radius 1 is 1.03 bits per heavy atom. The summed E-state index contributed by atoms with van der Waals surface area (Å²) in [7, 11) is 1.61. The summed E-state index contributed by atoms with van der Waals surface area (Å²) in [4.78, 5) is 29.6. The van der Waals surface area contributed by atoms with Crippen LogP contribution in [0.4, 0.5) is 5.69 Å². The van der Waals surface area contributed by atoms with Crippen LogP contribution in [-0.4, -0.2) is 56.0 Å². The van der Waals surface area contributed by atoms with E-state index in [9.17, 15) is 9.59 Å². The maximum atomic E-state index is 12.9. The third-order valence-corrected chi connectivity index (χ3v) is 5.71. The number of amides is 2. The molecule has 0 aromatic heterocycles. The van der Waals surface area contributed by atoms with Gasteiger partial charge in [-0.2, -0.15) is 0 Å². The quantitative estimate of drug-likeness (QED) is 0.759. The van der Waals surface area contributed by atoms with E-state index in [1.54, 1.807) is 31.4 Å². The molecule has 1 saturated heterocycles. The Bertz CT molecular complexity index is 854. The molecule has 0 bridgehead atoms. The normalized spacial score (nSPS) is 14.3. The summed E-state index contributed by atoms with van der Waals surface area (Å²) in [5.74, 6) is 0.747. The molecule has 6 nitrogen and oxygen atoms in total. The van der Waals surface area contributed by atoms with Crippen LogP contribution in [0.3, 0.4) is 0 Å². The van der Waals surface area contributed by atoms with E-state index < -0.39 is 0 Å². The molecule has 1 N–H and O–H groups in total. The maximum Gasteiger partial charge on any atom is 0.255 e. The number of anilines is 1. The minimum atomic E-state index is -0.0618. The van der Waals surface area contributed by atoms with Gasteiger partial charge in [-0.05, 0) is 63.1 Å². The van der Waals surface area contributed by atoms with E-state index in [0.717, 1.165) is 42.9 Å². The fraction of sp³-hybridized carbons (Fsp3) is 0.417. The van der Waals surface area contributed by atoms with Gasteiger partial charge in [-0.25, -0.2) is 0 Å². The van der Waals surface area contributed by atoms with Crippen LogP contribution in [0, 0.1) is 0 Å². The Labute approximate surface area is 178 Å². The molecule has 0 atom stereocenters. The number of para-hydroxylation sites is 1. The van der Waals surface area contributed by atoms with Crippen molar-refractivity contribution in [1.29, 1.82) is 0 Å². The molecule has 2 aromatic rings. The molecule has 0 unspecified atom stereocenters. The van der Waals surface area contributed by atoms with Crippen LogP contribution in [0.25, 0.3) is 0 Å². The van der Waals surface area contributed by atoms with Gasteiger partial charge in [0.05, 0.1) is 12.7 Å². The topological polar surface area (TPSA) is 61.9 Å². The van der Waals surface area contributed by atoms with Gasteiger partial charge in [0, 0.05) is 43.5 Å². The Hall–Kier alpha value is -3.02. The van der Waals surface area contributed by atoms with Crippen molar-refractivity contribution in [2.45, 2.75) is 32.7 Å². The second kappa shape index (κ2) is 10.1. The number of hydrogen-bond donors (Lipinski definition) is 1. The number of nitrogens with zero attached hydrogens (tertiary/aromatic N) is 2. The number of carbonyl (C=O) groups excluding carboxylic acids is 2. The second-order valence-electron chi connectivity index (χ2n) is 7.46. The van der Waals surface area contributed by atoms with Gasteiger partial charge in [0.25, 0.3) is 11.8 Å². The molecular weight excluding hydrogens is 378 g/mol. The molecule has 2 amide bonds. The number of methoxy groups -OCH3 is 1. The summed E-state index contributed by atoms with van der Waals surface area (Å²) in [6.07, 6.45) is 1.69. The van der Waals surface area contributed by atoms with E-state index in [0.29, 0.717) is 18.7 Å². The van der Waals surface area contributed by atoms with Crippen LogP contribution in [0.5, 0.6) is 5.75 Å². The Morgan fingerprint density at radius 2 is 1.67 bits per heavy atom. The summed E-state index contributed by atoms with van der Waals surface area (Å²) >= 11 is 0. The predicted octanol–water partition coefficient (Wildman–Crippen LogP) is 3.58. The highest BCUT2D eigenvalue weighted by molar-refractivity contribution is 6.00. The van der Waals surface area contributed by atoms with Crippen molar-refractivity contribution in [3.63, 3.8) is 0 Å². The third kappa shape index (κ3) is 4.93. The smallest absolute Gasteiger partial charge is 0.255 e. The van der Waals surface area contributed by atoms with Gasteiger partial charge in [-0.3, -0.25) is 9.59 Å². The molecule has 0 aliphatic carbocycles. The first kappa shape index (κ1) is 21.7. The molecule has 2 aromatic carbocycles. The van der Waals surface area contributed by atoms with E-state index in [2.05, 4.69) is 10.2 Å². The number of piperidine rings is 1. The molecular formula is C24H31N3O3. The zero-order chi connectivity index (χ0) is 21.5. The average molecular weight is 410 g/mol. The number of ether oxygens (including phenoxy) is 1. The molecule has 1 heterocycles. The fourth-order valence-electron chi connectivity index (χ4n) is 3.89. The van der Waals surface area contributed by atoms with Crippen molar-refractivity contribution in [3.05, 3.63) is 59.7 Å². The van der Waals surface area contributed by atoms with Gasteiger partial charge >= 0.3 is 0 Å². The Kier molecular flexibility index (Phi) is 7.33. The third-order valence-electron chi connectivity index (χ3n) is 5.71. The lowest BCUT2D eigenvalue weighted by Gasteiger charge is -2.35. The second-order valence-corrected chi connectivity index (χ2v) is 7.46. The SMILES string of the molecule is CCN(CC)C(=O)c1ccccc1N1CCC(NC(=O)c2ccc(OC)cc2)CC1. The van der Waals surface area contributed by atoms with Gasteiger partial charge in [-0.15, -0.1) is 0 Å². The number of carbonyl (C=O) groups is 2. The van der Waals surface area contributed by atoms with Gasteiger partial charge < -0.3 is 19.9 Å². The number of rotatable bonds is 7. The lowest BCUT2D eigenvalue weighted by molar-refractivity contribution is 0.0773. The van der Waals surface area contributed by atoms with Gasteiger partial charge in [0.1, 0.15) is 5.75 Å². The highest BCUT2D eigenvalue weighted by atomic mass is 16.5. The van der Waals surface area contributed by atoms with Crippen LogP contribution in [0.2, 0.25) is 0 Å². The van der Waals surface area contributed by atoms with Crippen molar-refractivity contribution in [3.8, 4) is 5.75 Å².